The van der Waals surface area contributed by atoms with Crippen LogP contribution < -0.4 is 5.32 Å². The predicted molar refractivity (Wildman–Crippen MR) is 82.0 cm³/mol. The van der Waals surface area contributed by atoms with Crippen molar-refractivity contribution >= 4 is 5.65 Å². The molecule has 1 atom stereocenters. The third-order valence-corrected chi connectivity index (χ3v) is 3.53. The van der Waals surface area contributed by atoms with Gasteiger partial charge < -0.3 is 5.32 Å². The van der Waals surface area contributed by atoms with Crippen LogP contribution in [-0.4, -0.2) is 26.1 Å². The zero-order chi connectivity index (χ0) is 14.5. The van der Waals surface area contributed by atoms with Crippen LogP contribution in [0.25, 0.3) is 5.65 Å². The minimum atomic E-state index is 0.238. The number of aromatic nitrogens is 4. The Balaban J connectivity index is 1.89. The van der Waals surface area contributed by atoms with E-state index in [1.807, 2.05) is 16.7 Å². The molecule has 1 unspecified atom stereocenters. The molecule has 0 saturated heterocycles. The summed E-state index contributed by atoms with van der Waals surface area (Å²) < 4.78 is 1.91. The Morgan fingerprint density at radius 1 is 1.24 bits per heavy atom. The zero-order valence-corrected chi connectivity index (χ0v) is 12.1. The second-order valence-electron chi connectivity index (χ2n) is 5.06. The molecule has 0 radical (unpaired) electrons. The summed E-state index contributed by atoms with van der Waals surface area (Å²) in [5.74, 6) is 0. The van der Waals surface area contributed by atoms with E-state index < -0.39 is 0 Å². The Bertz CT molecular complexity index is 692. The highest BCUT2D eigenvalue weighted by atomic mass is 15.2. The number of rotatable bonds is 6. The molecule has 5 heteroatoms. The Morgan fingerprint density at radius 3 is 2.90 bits per heavy atom. The van der Waals surface area contributed by atoms with Gasteiger partial charge in [0.05, 0.1) is 5.69 Å². The lowest BCUT2D eigenvalue weighted by Crippen LogP contribution is -2.24. The minimum Gasteiger partial charge on any atom is -0.310 e. The monoisotopic (exact) mass is 281 g/mol. The molecule has 0 saturated carbocycles. The van der Waals surface area contributed by atoms with Gasteiger partial charge in [-0.15, -0.1) is 10.2 Å². The maximum Gasteiger partial charge on any atom is 0.182 e. The standard InChI is InChI=1S/C16H19N5/c1-2-8-17-14(13-6-4-3-5-7-13)11-15-16-20-19-12-21(16)10-9-18-15/h3-7,9-10,12,14,17H,2,8,11H2,1H3. The van der Waals surface area contributed by atoms with Gasteiger partial charge in [0.1, 0.15) is 6.33 Å². The van der Waals surface area contributed by atoms with Crippen LogP contribution in [0.3, 0.4) is 0 Å². The minimum absolute atomic E-state index is 0.238. The normalized spacial score (nSPS) is 12.6. The summed E-state index contributed by atoms with van der Waals surface area (Å²) in [4.78, 5) is 4.49. The molecule has 3 rings (SSSR count). The average molecular weight is 281 g/mol. The van der Waals surface area contributed by atoms with Crippen molar-refractivity contribution in [2.24, 2.45) is 0 Å². The van der Waals surface area contributed by atoms with Gasteiger partial charge in [-0.25, -0.2) is 0 Å². The molecule has 0 bridgehead atoms. The Hall–Kier alpha value is -2.27. The summed E-state index contributed by atoms with van der Waals surface area (Å²) >= 11 is 0. The average Bonchev–Trinajstić information content (AvgIpc) is 3.01. The summed E-state index contributed by atoms with van der Waals surface area (Å²) in [6.07, 6.45) is 7.28. The van der Waals surface area contributed by atoms with E-state index in [0.29, 0.717) is 0 Å². The quantitative estimate of drug-likeness (QED) is 0.754. The van der Waals surface area contributed by atoms with Gasteiger partial charge in [0.25, 0.3) is 0 Å². The van der Waals surface area contributed by atoms with Crippen molar-refractivity contribution in [3.63, 3.8) is 0 Å². The molecule has 1 N–H and O–H groups in total. The van der Waals surface area contributed by atoms with Crippen molar-refractivity contribution in [1.82, 2.24) is 24.9 Å². The highest BCUT2D eigenvalue weighted by molar-refractivity contribution is 5.42. The number of nitrogens with zero attached hydrogens (tertiary/aromatic N) is 4. The number of hydrogen-bond acceptors (Lipinski definition) is 4. The lowest BCUT2D eigenvalue weighted by molar-refractivity contribution is 0.525. The first kappa shape index (κ1) is 13.7. The molecular formula is C16H19N5. The van der Waals surface area contributed by atoms with Crippen molar-refractivity contribution in [3.05, 3.63) is 60.3 Å². The first-order valence-corrected chi connectivity index (χ1v) is 7.30. The topological polar surface area (TPSA) is 55.1 Å². The SMILES string of the molecule is CCCNC(Cc1nccn2cnnc12)c1ccccc1. The third kappa shape index (κ3) is 3.08. The molecule has 0 amide bonds. The first-order chi connectivity index (χ1) is 10.4. The summed E-state index contributed by atoms with van der Waals surface area (Å²) in [6.45, 7) is 3.15. The van der Waals surface area contributed by atoms with E-state index >= 15 is 0 Å². The van der Waals surface area contributed by atoms with Crippen molar-refractivity contribution in [3.8, 4) is 0 Å². The van der Waals surface area contributed by atoms with E-state index in [9.17, 15) is 0 Å². The van der Waals surface area contributed by atoms with Crippen molar-refractivity contribution in [1.29, 1.82) is 0 Å². The molecule has 3 aromatic rings. The first-order valence-electron chi connectivity index (χ1n) is 7.30. The lowest BCUT2D eigenvalue weighted by Gasteiger charge is -2.18. The fraction of sp³-hybridized carbons (Fsp3) is 0.312. The van der Waals surface area contributed by atoms with Crippen molar-refractivity contribution in [2.45, 2.75) is 25.8 Å². The van der Waals surface area contributed by atoms with Gasteiger partial charge in [-0.3, -0.25) is 9.38 Å². The fourth-order valence-electron chi connectivity index (χ4n) is 2.46. The van der Waals surface area contributed by atoms with Crippen LogP contribution in [0.5, 0.6) is 0 Å². The summed E-state index contributed by atoms with van der Waals surface area (Å²) in [5, 5.41) is 11.7. The van der Waals surface area contributed by atoms with Crippen LogP contribution in [0.15, 0.2) is 49.1 Å². The maximum absolute atomic E-state index is 4.49. The van der Waals surface area contributed by atoms with Crippen LogP contribution in [0, 0.1) is 0 Å². The Morgan fingerprint density at radius 2 is 2.10 bits per heavy atom. The molecule has 1 aromatic carbocycles. The molecule has 5 nitrogen and oxygen atoms in total. The van der Waals surface area contributed by atoms with Gasteiger partial charge in [0, 0.05) is 24.9 Å². The molecule has 108 valence electrons. The molecule has 2 aromatic heterocycles. The number of benzene rings is 1. The smallest absolute Gasteiger partial charge is 0.182 e. The number of fused-ring (bicyclic) bond motifs is 1. The van der Waals surface area contributed by atoms with Crippen LogP contribution in [-0.2, 0) is 6.42 Å². The second kappa shape index (κ2) is 6.45. The van der Waals surface area contributed by atoms with Crippen molar-refractivity contribution < 1.29 is 0 Å². The van der Waals surface area contributed by atoms with Gasteiger partial charge in [-0.1, -0.05) is 37.3 Å². The highest BCUT2D eigenvalue weighted by Gasteiger charge is 2.15. The largest absolute Gasteiger partial charge is 0.310 e. The van der Waals surface area contributed by atoms with E-state index in [0.717, 1.165) is 30.7 Å². The van der Waals surface area contributed by atoms with Gasteiger partial charge in [-0.2, -0.15) is 0 Å². The number of hydrogen-bond donors (Lipinski definition) is 1. The van der Waals surface area contributed by atoms with E-state index in [-0.39, 0.29) is 6.04 Å². The van der Waals surface area contributed by atoms with Gasteiger partial charge in [0.2, 0.25) is 0 Å². The molecule has 2 heterocycles. The summed E-state index contributed by atoms with van der Waals surface area (Å²) in [6, 6.07) is 10.7. The van der Waals surface area contributed by atoms with E-state index in [4.69, 9.17) is 0 Å². The Kier molecular flexibility index (Phi) is 4.21. The van der Waals surface area contributed by atoms with Crippen molar-refractivity contribution in [2.75, 3.05) is 6.54 Å². The molecule has 0 aliphatic heterocycles. The molecular weight excluding hydrogens is 262 g/mol. The molecule has 0 fully saturated rings. The molecule has 0 spiro atoms. The second-order valence-corrected chi connectivity index (χ2v) is 5.06. The van der Waals surface area contributed by atoms with E-state index in [1.54, 1.807) is 12.5 Å². The van der Waals surface area contributed by atoms with Gasteiger partial charge >= 0.3 is 0 Å². The summed E-state index contributed by atoms with van der Waals surface area (Å²) in [7, 11) is 0. The van der Waals surface area contributed by atoms with Crippen LogP contribution in [0.4, 0.5) is 0 Å². The van der Waals surface area contributed by atoms with E-state index in [2.05, 4.69) is 51.7 Å². The fourth-order valence-corrected chi connectivity index (χ4v) is 2.46. The third-order valence-electron chi connectivity index (χ3n) is 3.53. The lowest BCUT2D eigenvalue weighted by atomic mass is 10.0. The molecule has 21 heavy (non-hydrogen) atoms. The summed E-state index contributed by atoms with van der Waals surface area (Å²) in [5.41, 5.74) is 3.07. The van der Waals surface area contributed by atoms with Gasteiger partial charge in [-0.05, 0) is 18.5 Å². The van der Waals surface area contributed by atoms with Gasteiger partial charge in [0.15, 0.2) is 5.65 Å². The molecule has 0 aliphatic carbocycles. The predicted octanol–water partition coefficient (Wildman–Crippen LogP) is 2.41. The maximum atomic E-state index is 4.49. The highest BCUT2D eigenvalue weighted by Crippen LogP contribution is 2.19. The van der Waals surface area contributed by atoms with Crippen LogP contribution >= 0.6 is 0 Å². The number of nitrogens with one attached hydrogen (secondary N) is 1. The van der Waals surface area contributed by atoms with Crippen LogP contribution in [0.1, 0.15) is 30.6 Å². The van der Waals surface area contributed by atoms with E-state index in [1.165, 1.54) is 5.56 Å². The van der Waals surface area contributed by atoms with Crippen LogP contribution in [0.2, 0.25) is 0 Å². The zero-order valence-electron chi connectivity index (χ0n) is 12.1. The molecule has 0 aliphatic rings. The Labute approximate surface area is 124 Å².